The molecule has 1 fully saturated rings. The summed E-state index contributed by atoms with van der Waals surface area (Å²) in [5, 5.41) is 18.3. The number of nitriles is 2. The maximum atomic E-state index is 9.24. The fourth-order valence-corrected chi connectivity index (χ4v) is 3.20. The lowest BCUT2D eigenvalue weighted by Crippen LogP contribution is -2.04. The number of hydrogen-bond donors (Lipinski definition) is 0. The standard InChI is InChI=1S/C20H18N2O/c21-13-17-7-4-8-20(19(17)14-22)23-18-11-9-16(10-12-18)15-5-2-1-3-6-15/h4,7-12,15H,1-3,5-6H2. The number of ether oxygens (including phenoxy) is 1. The molecule has 0 aliphatic heterocycles. The van der Waals surface area contributed by atoms with Gasteiger partial charge in [-0.05, 0) is 48.6 Å². The molecule has 2 aromatic carbocycles. The van der Waals surface area contributed by atoms with E-state index >= 15 is 0 Å². The third-order valence-corrected chi connectivity index (χ3v) is 4.44. The largest absolute Gasteiger partial charge is 0.456 e. The summed E-state index contributed by atoms with van der Waals surface area (Å²) >= 11 is 0. The van der Waals surface area contributed by atoms with Crippen molar-refractivity contribution >= 4 is 0 Å². The van der Waals surface area contributed by atoms with E-state index in [1.165, 1.54) is 37.7 Å². The smallest absolute Gasteiger partial charge is 0.146 e. The first-order valence-corrected chi connectivity index (χ1v) is 8.03. The van der Waals surface area contributed by atoms with Crippen LogP contribution in [0.2, 0.25) is 0 Å². The van der Waals surface area contributed by atoms with Crippen LogP contribution >= 0.6 is 0 Å². The highest BCUT2D eigenvalue weighted by Crippen LogP contribution is 2.34. The molecule has 0 saturated heterocycles. The molecular weight excluding hydrogens is 284 g/mol. The summed E-state index contributed by atoms with van der Waals surface area (Å²) < 4.78 is 5.81. The van der Waals surface area contributed by atoms with Crippen LogP contribution in [0.5, 0.6) is 11.5 Å². The molecule has 3 heteroatoms. The fraction of sp³-hybridized carbons (Fsp3) is 0.300. The Hall–Kier alpha value is -2.78. The van der Waals surface area contributed by atoms with Crippen LogP contribution in [0.25, 0.3) is 0 Å². The van der Waals surface area contributed by atoms with Gasteiger partial charge in [-0.1, -0.05) is 37.5 Å². The van der Waals surface area contributed by atoms with Gasteiger partial charge in [-0.25, -0.2) is 0 Å². The summed E-state index contributed by atoms with van der Waals surface area (Å²) in [7, 11) is 0. The molecule has 0 atom stereocenters. The van der Waals surface area contributed by atoms with Crippen LogP contribution in [0.4, 0.5) is 0 Å². The Bertz CT molecular complexity index is 760. The van der Waals surface area contributed by atoms with Crippen molar-refractivity contribution in [2.45, 2.75) is 38.0 Å². The van der Waals surface area contributed by atoms with Gasteiger partial charge in [0, 0.05) is 0 Å². The van der Waals surface area contributed by atoms with Crippen molar-refractivity contribution in [2.75, 3.05) is 0 Å². The van der Waals surface area contributed by atoms with Crippen LogP contribution in [0, 0.1) is 22.7 Å². The summed E-state index contributed by atoms with van der Waals surface area (Å²) in [6.45, 7) is 0. The molecule has 3 rings (SSSR count). The van der Waals surface area contributed by atoms with Crippen LogP contribution < -0.4 is 4.74 Å². The van der Waals surface area contributed by atoms with Crippen molar-refractivity contribution in [3.8, 4) is 23.6 Å². The zero-order valence-electron chi connectivity index (χ0n) is 13.0. The van der Waals surface area contributed by atoms with E-state index in [0.29, 0.717) is 23.0 Å². The van der Waals surface area contributed by atoms with E-state index in [0.717, 1.165) is 0 Å². The van der Waals surface area contributed by atoms with Gasteiger partial charge in [-0.3, -0.25) is 0 Å². The van der Waals surface area contributed by atoms with Crippen LogP contribution in [0.15, 0.2) is 42.5 Å². The number of rotatable bonds is 3. The number of benzene rings is 2. The molecule has 0 bridgehead atoms. The van der Waals surface area contributed by atoms with Gasteiger partial charge in [-0.2, -0.15) is 10.5 Å². The van der Waals surface area contributed by atoms with Crippen molar-refractivity contribution < 1.29 is 4.74 Å². The molecule has 0 amide bonds. The van der Waals surface area contributed by atoms with Crippen molar-refractivity contribution in [3.05, 3.63) is 59.2 Å². The first-order valence-electron chi connectivity index (χ1n) is 8.03. The zero-order valence-corrected chi connectivity index (χ0v) is 13.0. The molecule has 1 aliphatic carbocycles. The van der Waals surface area contributed by atoms with Gasteiger partial charge < -0.3 is 4.74 Å². The Morgan fingerprint density at radius 1 is 0.870 bits per heavy atom. The van der Waals surface area contributed by atoms with E-state index < -0.39 is 0 Å². The van der Waals surface area contributed by atoms with E-state index in [9.17, 15) is 5.26 Å². The summed E-state index contributed by atoms with van der Waals surface area (Å²) in [5.41, 5.74) is 1.98. The summed E-state index contributed by atoms with van der Waals surface area (Å²) in [6, 6.07) is 17.3. The lowest BCUT2D eigenvalue weighted by molar-refractivity contribution is 0.442. The molecule has 0 radical (unpaired) electrons. The molecule has 0 spiro atoms. The first-order chi connectivity index (χ1) is 11.3. The second-order valence-electron chi connectivity index (χ2n) is 5.91. The molecule has 1 saturated carbocycles. The van der Waals surface area contributed by atoms with E-state index in [1.54, 1.807) is 18.2 Å². The summed E-state index contributed by atoms with van der Waals surface area (Å²) in [4.78, 5) is 0. The number of nitrogens with zero attached hydrogens (tertiary/aromatic N) is 2. The molecule has 2 aromatic rings. The van der Waals surface area contributed by atoms with E-state index in [4.69, 9.17) is 10.00 Å². The Balaban J connectivity index is 1.79. The predicted molar refractivity (Wildman–Crippen MR) is 88.2 cm³/mol. The van der Waals surface area contributed by atoms with E-state index in [2.05, 4.69) is 18.2 Å². The maximum absolute atomic E-state index is 9.24. The van der Waals surface area contributed by atoms with Gasteiger partial charge in [0.2, 0.25) is 0 Å². The minimum atomic E-state index is 0.284. The molecule has 0 N–H and O–H groups in total. The van der Waals surface area contributed by atoms with Crippen molar-refractivity contribution in [1.82, 2.24) is 0 Å². The van der Waals surface area contributed by atoms with Gasteiger partial charge >= 0.3 is 0 Å². The SMILES string of the molecule is N#Cc1cccc(Oc2ccc(C3CCCCC3)cc2)c1C#N. The van der Waals surface area contributed by atoms with Crippen LogP contribution in [-0.4, -0.2) is 0 Å². The van der Waals surface area contributed by atoms with Gasteiger partial charge in [0.25, 0.3) is 0 Å². The molecule has 0 unspecified atom stereocenters. The lowest BCUT2D eigenvalue weighted by Gasteiger charge is -2.22. The van der Waals surface area contributed by atoms with Crippen LogP contribution in [0.3, 0.4) is 0 Å². The van der Waals surface area contributed by atoms with Gasteiger partial charge in [0.1, 0.15) is 29.2 Å². The molecule has 3 nitrogen and oxygen atoms in total. The molecule has 0 aromatic heterocycles. The minimum absolute atomic E-state index is 0.284. The fourth-order valence-electron chi connectivity index (χ4n) is 3.20. The molecular formula is C20H18N2O. The molecule has 0 heterocycles. The lowest BCUT2D eigenvalue weighted by atomic mass is 9.84. The monoisotopic (exact) mass is 302 g/mol. The van der Waals surface area contributed by atoms with Gasteiger partial charge in [-0.15, -0.1) is 0 Å². The van der Waals surface area contributed by atoms with Crippen LogP contribution in [-0.2, 0) is 0 Å². The highest BCUT2D eigenvalue weighted by atomic mass is 16.5. The predicted octanol–water partition coefficient (Wildman–Crippen LogP) is 5.27. The summed E-state index contributed by atoms with van der Waals surface area (Å²) in [6.07, 6.45) is 6.51. The van der Waals surface area contributed by atoms with E-state index in [-0.39, 0.29) is 5.56 Å². The number of hydrogen-bond acceptors (Lipinski definition) is 3. The maximum Gasteiger partial charge on any atom is 0.146 e. The van der Waals surface area contributed by atoms with Crippen molar-refractivity contribution in [1.29, 1.82) is 10.5 Å². The third-order valence-electron chi connectivity index (χ3n) is 4.44. The minimum Gasteiger partial charge on any atom is -0.456 e. The topological polar surface area (TPSA) is 56.8 Å². The van der Waals surface area contributed by atoms with Gasteiger partial charge in [0.05, 0.1) is 5.56 Å². The third kappa shape index (κ3) is 3.35. The Kier molecular flexibility index (Phi) is 4.60. The average molecular weight is 302 g/mol. The van der Waals surface area contributed by atoms with Crippen molar-refractivity contribution in [2.24, 2.45) is 0 Å². The highest BCUT2D eigenvalue weighted by Gasteiger charge is 2.15. The molecule has 23 heavy (non-hydrogen) atoms. The Labute approximate surface area is 136 Å². The molecule has 1 aliphatic rings. The first kappa shape index (κ1) is 15.1. The Morgan fingerprint density at radius 2 is 1.61 bits per heavy atom. The molecule has 114 valence electrons. The zero-order chi connectivity index (χ0) is 16.1. The van der Waals surface area contributed by atoms with E-state index in [1.807, 2.05) is 18.2 Å². The average Bonchev–Trinajstić information content (AvgIpc) is 2.63. The van der Waals surface area contributed by atoms with Crippen molar-refractivity contribution in [3.63, 3.8) is 0 Å². The second-order valence-corrected chi connectivity index (χ2v) is 5.91. The van der Waals surface area contributed by atoms with Gasteiger partial charge in [0.15, 0.2) is 0 Å². The normalized spacial score (nSPS) is 14.7. The quantitative estimate of drug-likeness (QED) is 0.776. The highest BCUT2D eigenvalue weighted by molar-refractivity contribution is 5.55. The second kappa shape index (κ2) is 6.99. The Morgan fingerprint density at radius 3 is 2.26 bits per heavy atom. The summed E-state index contributed by atoms with van der Waals surface area (Å²) in [5.74, 6) is 1.78. The van der Waals surface area contributed by atoms with Crippen LogP contribution in [0.1, 0.15) is 54.7 Å².